The molecule has 5 heteroatoms. The van der Waals surface area contributed by atoms with Crippen molar-refractivity contribution in [2.75, 3.05) is 0 Å². The third kappa shape index (κ3) is 3.40. The standard InChI is InChI=1S/C23H21FN4/c1-14-8-20-18(13-27-23(20)26-11-14)10-17-5-6-19(28-22(17)24)9-15-2-7-21(25-12-15)16-3-4-16/h2,5-8,11-13,16H,3-4,9-10H2,1H3,(H,26,27). The van der Waals surface area contributed by atoms with E-state index < -0.39 is 5.95 Å². The Morgan fingerprint density at radius 2 is 1.93 bits per heavy atom. The lowest BCUT2D eigenvalue weighted by Gasteiger charge is -2.06. The number of aryl methyl sites for hydroxylation is 1. The van der Waals surface area contributed by atoms with E-state index in [0.29, 0.717) is 24.3 Å². The number of hydrogen-bond acceptors (Lipinski definition) is 3. The highest BCUT2D eigenvalue weighted by Crippen LogP contribution is 2.38. The molecule has 0 aliphatic heterocycles. The monoisotopic (exact) mass is 372 g/mol. The number of aromatic amines is 1. The second-order valence-electron chi connectivity index (χ2n) is 7.69. The van der Waals surface area contributed by atoms with Gasteiger partial charge in [0, 0.05) is 59.7 Å². The maximum absolute atomic E-state index is 14.6. The number of hydrogen-bond donors (Lipinski definition) is 1. The summed E-state index contributed by atoms with van der Waals surface area (Å²) < 4.78 is 14.6. The normalized spacial score (nSPS) is 13.9. The van der Waals surface area contributed by atoms with E-state index in [1.165, 1.54) is 18.5 Å². The lowest BCUT2D eigenvalue weighted by molar-refractivity contribution is 0.565. The van der Waals surface area contributed by atoms with Gasteiger partial charge < -0.3 is 4.98 Å². The van der Waals surface area contributed by atoms with Crippen LogP contribution in [0.25, 0.3) is 11.0 Å². The van der Waals surface area contributed by atoms with E-state index in [2.05, 4.69) is 38.1 Å². The van der Waals surface area contributed by atoms with E-state index in [0.717, 1.165) is 33.4 Å². The van der Waals surface area contributed by atoms with Crippen LogP contribution in [-0.2, 0) is 12.8 Å². The minimum atomic E-state index is -0.407. The molecule has 0 saturated heterocycles. The summed E-state index contributed by atoms with van der Waals surface area (Å²) in [5.74, 6) is 0.238. The van der Waals surface area contributed by atoms with Gasteiger partial charge in [-0.25, -0.2) is 9.97 Å². The summed E-state index contributed by atoms with van der Waals surface area (Å²) in [6, 6.07) is 9.99. The van der Waals surface area contributed by atoms with Crippen LogP contribution in [0.1, 0.15) is 52.4 Å². The summed E-state index contributed by atoms with van der Waals surface area (Å²) in [5, 5.41) is 1.03. The van der Waals surface area contributed by atoms with Crippen LogP contribution in [0, 0.1) is 12.9 Å². The van der Waals surface area contributed by atoms with Crippen molar-refractivity contribution in [2.24, 2.45) is 0 Å². The molecule has 1 saturated carbocycles. The van der Waals surface area contributed by atoms with Crippen molar-refractivity contribution in [3.8, 4) is 0 Å². The quantitative estimate of drug-likeness (QED) is 0.509. The van der Waals surface area contributed by atoms with Gasteiger partial charge in [-0.05, 0) is 54.7 Å². The van der Waals surface area contributed by atoms with Crippen molar-refractivity contribution in [3.63, 3.8) is 0 Å². The summed E-state index contributed by atoms with van der Waals surface area (Å²) in [4.78, 5) is 16.3. The summed E-state index contributed by atoms with van der Waals surface area (Å²) >= 11 is 0. The van der Waals surface area contributed by atoms with Gasteiger partial charge in [0.1, 0.15) is 5.65 Å². The fourth-order valence-corrected chi connectivity index (χ4v) is 3.61. The highest BCUT2D eigenvalue weighted by atomic mass is 19.1. The number of H-pyrrole nitrogens is 1. The molecule has 1 N–H and O–H groups in total. The van der Waals surface area contributed by atoms with Gasteiger partial charge in [0.2, 0.25) is 5.95 Å². The van der Waals surface area contributed by atoms with Gasteiger partial charge in [0.05, 0.1) is 0 Å². The van der Waals surface area contributed by atoms with Gasteiger partial charge in [-0.2, -0.15) is 4.39 Å². The first kappa shape index (κ1) is 17.0. The largest absolute Gasteiger partial charge is 0.346 e. The zero-order chi connectivity index (χ0) is 19.1. The maximum Gasteiger partial charge on any atom is 0.216 e. The van der Waals surface area contributed by atoms with Crippen LogP contribution in [-0.4, -0.2) is 19.9 Å². The van der Waals surface area contributed by atoms with Crippen molar-refractivity contribution in [3.05, 3.63) is 88.5 Å². The van der Waals surface area contributed by atoms with E-state index >= 15 is 0 Å². The third-order valence-electron chi connectivity index (χ3n) is 5.35. The number of nitrogens with zero attached hydrogens (tertiary/aromatic N) is 3. The Bertz CT molecular complexity index is 1140. The van der Waals surface area contributed by atoms with Crippen LogP contribution in [0.5, 0.6) is 0 Å². The molecule has 1 aliphatic rings. The second kappa shape index (κ2) is 6.82. The fraction of sp³-hybridized carbons (Fsp3) is 0.261. The van der Waals surface area contributed by atoms with Gasteiger partial charge in [-0.1, -0.05) is 12.1 Å². The number of pyridine rings is 3. The fourth-order valence-electron chi connectivity index (χ4n) is 3.61. The summed E-state index contributed by atoms with van der Waals surface area (Å²) in [6.45, 7) is 2.01. The number of halogens is 1. The van der Waals surface area contributed by atoms with Gasteiger partial charge in [-0.15, -0.1) is 0 Å². The first-order valence-corrected chi connectivity index (χ1v) is 9.67. The summed E-state index contributed by atoms with van der Waals surface area (Å²) in [5.41, 5.74) is 6.48. The number of fused-ring (bicyclic) bond motifs is 1. The molecule has 0 amide bonds. The third-order valence-corrected chi connectivity index (χ3v) is 5.35. The molecule has 1 fully saturated rings. The molecule has 4 nitrogen and oxygen atoms in total. The SMILES string of the molecule is Cc1cnc2[nH]cc(Cc3ccc(Cc4ccc(C5CC5)nc4)nc3F)c2c1. The van der Waals surface area contributed by atoms with Crippen LogP contribution in [0.15, 0.2) is 48.9 Å². The minimum absolute atomic E-state index is 0.407. The average Bonchev–Trinajstić information content (AvgIpc) is 3.47. The molecule has 0 spiro atoms. The lowest BCUT2D eigenvalue weighted by atomic mass is 10.0. The number of aromatic nitrogens is 4. The molecular formula is C23H21FN4. The second-order valence-corrected chi connectivity index (χ2v) is 7.69. The number of rotatable bonds is 5. The van der Waals surface area contributed by atoms with E-state index in [1.54, 1.807) is 0 Å². The molecule has 5 rings (SSSR count). The first-order chi connectivity index (χ1) is 13.7. The minimum Gasteiger partial charge on any atom is -0.346 e. The van der Waals surface area contributed by atoms with Crippen LogP contribution < -0.4 is 0 Å². The van der Waals surface area contributed by atoms with Gasteiger partial charge >= 0.3 is 0 Å². The zero-order valence-electron chi connectivity index (χ0n) is 15.7. The summed E-state index contributed by atoms with van der Waals surface area (Å²) in [7, 11) is 0. The zero-order valence-corrected chi connectivity index (χ0v) is 15.7. The highest BCUT2D eigenvalue weighted by Gasteiger charge is 2.24. The molecule has 28 heavy (non-hydrogen) atoms. The van der Waals surface area contributed by atoms with Crippen LogP contribution in [0.4, 0.5) is 4.39 Å². The Kier molecular flexibility index (Phi) is 4.15. The molecule has 0 bridgehead atoms. The van der Waals surface area contributed by atoms with Crippen LogP contribution in [0.2, 0.25) is 0 Å². The van der Waals surface area contributed by atoms with E-state index in [9.17, 15) is 4.39 Å². The van der Waals surface area contributed by atoms with Crippen LogP contribution >= 0.6 is 0 Å². The predicted molar refractivity (Wildman–Crippen MR) is 107 cm³/mol. The molecule has 0 atom stereocenters. The van der Waals surface area contributed by atoms with Crippen molar-refractivity contribution >= 4 is 11.0 Å². The lowest BCUT2D eigenvalue weighted by Crippen LogP contribution is -2.01. The van der Waals surface area contributed by atoms with Gasteiger partial charge in [0.15, 0.2) is 0 Å². The summed E-state index contributed by atoms with van der Waals surface area (Å²) in [6.07, 6.45) is 9.18. The van der Waals surface area contributed by atoms with Crippen molar-refractivity contribution in [2.45, 2.75) is 38.5 Å². The molecule has 4 aromatic rings. The van der Waals surface area contributed by atoms with Gasteiger partial charge in [0.25, 0.3) is 0 Å². The Morgan fingerprint density at radius 3 is 2.68 bits per heavy atom. The van der Waals surface area contributed by atoms with Gasteiger partial charge in [-0.3, -0.25) is 4.98 Å². The molecule has 4 aromatic heterocycles. The molecule has 4 heterocycles. The van der Waals surface area contributed by atoms with Crippen LogP contribution in [0.3, 0.4) is 0 Å². The Balaban J connectivity index is 1.34. The van der Waals surface area contributed by atoms with Crippen molar-refractivity contribution in [1.82, 2.24) is 19.9 Å². The van der Waals surface area contributed by atoms with Crippen molar-refractivity contribution in [1.29, 1.82) is 0 Å². The maximum atomic E-state index is 14.6. The first-order valence-electron chi connectivity index (χ1n) is 9.67. The Labute approximate surface area is 162 Å². The molecule has 0 radical (unpaired) electrons. The van der Waals surface area contributed by atoms with E-state index in [-0.39, 0.29) is 0 Å². The molecular weight excluding hydrogens is 351 g/mol. The predicted octanol–water partition coefficient (Wildman–Crippen LogP) is 4.86. The van der Waals surface area contributed by atoms with Crippen molar-refractivity contribution < 1.29 is 4.39 Å². The molecule has 140 valence electrons. The molecule has 0 unspecified atom stereocenters. The smallest absolute Gasteiger partial charge is 0.216 e. The highest BCUT2D eigenvalue weighted by molar-refractivity contribution is 5.80. The Morgan fingerprint density at radius 1 is 1.04 bits per heavy atom. The number of nitrogens with one attached hydrogen (secondary N) is 1. The average molecular weight is 372 g/mol. The molecule has 1 aliphatic carbocycles. The Hall–Kier alpha value is -3.08. The van der Waals surface area contributed by atoms with E-state index in [4.69, 9.17) is 0 Å². The topological polar surface area (TPSA) is 54.5 Å². The van der Waals surface area contributed by atoms with E-state index in [1.807, 2.05) is 37.6 Å². The molecule has 0 aromatic carbocycles.